The van der Waals surface area contributed by atoms with Gasteiger partial charge >= 0.3 is 17.9 Å². The molecule has 2 N–H and O–H groups in total. The molecule has 0 unspecified atom stereocenters. The molecule has 1 saturated heterocycles. The van der Waals surface area contributed by atoms with E-state index < -0.39 is 46.4 Å². The highest BCUT2D eigenvalue weighted by molar-refractivity contribution is 7.89. The van der Waals surface area contributed by atoms with Gasteiger partial charge in [-0.3, -0.25) is 9.59 Å². The van der Waals surface area contributed by atoms with Crippen LogP contribution in [0.25, 0.3) is 0 Å². The van der Waals surface area contributed by atoms with Gasteiger partial charge in [-0.1, -0.05) is 18.0 Å². The summed E-state index contributed by atoms with van der Waals surface area (Å²) in [6.45, 7) is 6.29. The molecule has 1 aromatic carbocycles. The molecular weight excluding hydrogens is 578 g/mol. The summed E-state index contributed by atoms with van der Waals surface area (Å²) in [6, 6.07) is 3.96. The Bertz CT molecular complexity index is 1340. The summed E-state index contributed by atoms with van der Waals surface area (Å²) in [5.74, 6) is -5.06. The standard InChI is InChI=1S/C27H34ClN3O9S/c1-5-38-25(33)22-16(3)29-17(4)23(26(34)39-6-2)24(22)27(35)40-15-21(32)30-20-14-18(10-11-19(20)28)41(36,37)31-12-8-7-9-13-31/h10-11,14,24,29H,5-9,12-13,15H2,1-4H3,(H,30,32). The molecule has 0 radical (unpaired) electrons. The maximum absolute atomic E-state index is 13.3. The lowest BCUT2D eigenvalue weighted by atomic mass is 9.85. The van der Waals surface area contributed by atoms with Crippen molar-refractivity contribution in [3.63, 3.8) is 0 Å². The molecule has 0 aliphatic carbocycles. The van der Waals surface area contributed by atoms with Crippen molar-refractivity contribution in [3.8, 4) is 0 Å². The van der Waals surface area contributed by atoms with Crippen molar-refractivity contribution in [2.24, 2.45) is 5.92 Å². The fourth-order valence-electron chi connectivity index (χ4n) is 4.61. The summed E-state index contributed by atoms with van der Waals surface area (Å²) in [5.41, 5.74) is 0.269. The number of esters is 3. The van der Waals surface area contributed by atoms with Crippen molar-refractivity contribution in [1.29, 1.82) is 0 Å². The Hall–Kier alpha value is -3.42. The first-order chi connectivity index (χ1) is 19.4. The molecule has 2 aliphatic heterocycles. The summed E-state index contributed by atoms with van der Waals surface area (Å²) in [7, 11) is -3.79. The van der Waals surface area contributed by atoms with Crippen LogP contribution in [0.2, 0.25) is 5.02 Å². The van der Waals surface area contributed by atoms with Gasteiger partial charge in [-0.15, -0.1) is 0 Å². The van der Waals surface area contributed by atoms with E-state index in [0.717, 1.165) is 19.3 Å². The third-order valence-corrected chi connectivity index (χ3v) is 8.72. The van der Waals surface area contributed by atoms with Crippen molar-refractivity contribution in [1.82, 2.24) is 9.62 Å². The first-order valence-electron chi connectivity index (χ1n) is 13.2. The van der Waals surface area contributed by atoms with E-state index >= 15 is 0 Å². The number of benzene rings is 1. The highest BCUT2D eigenvalue weighted by Crippen LogP contribution is 2.33. The van der Waals surface area contributed by atoms with Crippen molar-refractivity contribution in [2.75, 3.05) is 38.2 Å². The zero-order chi connectivity index (χ0) is 30.3. The number of dihydropyridines is 1. The van der Waals surface area contributed by atoms with Crippen molar-refractivity contribution < 1.29 is 41.8 Å². The van der Waals surface area contributed by atoms with Crippen LogP contribution in [0.3, 0.4) is 0 Å². The second-order valence-corrected chi connectivity index (χ2v) is 11.7. The summed E-state index contributed by atoms with van der Waals surface area (Å²) in [5, 5.41) is 5.43. The molecule has 0 spiro atoms. The van der Waals surface area contributed by atoms with Crippen LogP contribution in [0, 0.1) is 5.92 Å². The number of piperidine rings is 1. The summed E-state index contributed by atoms with van der Waals surface area (Å²) < 4.78 is 42.9. The molecule has 14 heteroatoms. The second kappa shape index (κ2) is 14.0. The van der Waals surface area contributed by atoms with E-state index in [1.54, 1.807) is 13.8 Å². The topological polar surface area (TPSA) is 157 Å². The molecule has 1 amide bonds. The van der Waals surface area contributed by atoms with Crippen LogP contribution < -0.4 is 10.6 Å². The number of halogens is 1. The summed E-state index contributed by atoms with van der Waals surface area (Å²) in [4.78, 5) is 51.5. The predicted molar refractivity (Wildman–Crippen MR) is 149 cm³/mol. The van der Waals surface area contributed by atoms with Gasteiger partial charge < -0.3 is 24.8 Å². The number of carbonyl (C=O) groups is 4. The van der Waals surface area contributed by atoms with E-state index in [0.29, 0.717) is 13.1 Å². The number of allylic oxidation sites excluding steroid dienone is 2. The van der Waals surface area contributed by atoms with Crippen molar-refractivity contribution in [2.45, 2.75) is 51.9 Å². The Balaban J connectivity index is 1.79. The molecule has 2 heterocycles. The molecule has 12 nitrogen and oxygen atoms in total. The molecule has 2 aliphatic rings. The predicted octanol–water partition coefficient (Wildman–Crippen LogP) is 2.89. The molecule has 1 fully saturated rings. The lowest BCUT2D eigenvalue weighted by Crippen LogP contribution is -2.39. The van der Waals surface area contributed by atoms with E-state index in [-0.39, 0.29) is 51.4 Å². The number of amides is 1. The first-order valence-corrected chi connectivity index (χ1v) is 15.0. The number of rotatable bonds is 10. The zero-order valence-electron chi connectivity index (χ0n) is 23.4. The average Bonchev–Trinajstić information content (AvgIpc) is 2.93. The van der Waals surface area contributed by atoms with E-state index in [2.05, 4.69) is 10.6 Å². The smallest absolute Gasteiger partial charge is 0.337 e. The SMILES string of the molecule is CCOC(=O)C1=C(C)NC(C)=C(C(=O)OCC)C1C(=O)OCC(=O)Nc1cc(S(=O)(=O)N2CCCCC2)ccc1Cl. The molecule has 0 atom stereocenters. The van der Waals surface area contributed by atoms with Gasteiger partial charge in [-0.05, 0) is 58.7 Å². The number of carbonyl (C=O) groups excluding carboxylic acids is 4. The molecule has 0 bridgehead atoms. The maximum atomic E-state index is 13.3. The highest BCUT2D eigenvalue weighted by atomic mass is 35.5. The Morgan fingerprint density at radius 3 is 2.05 bits per heavy atom. The fraction of sp³-hybridized carbons (Fsp3) is 0.481. The van der Waals surface area contributed by atoms with Gasteiger partial charge in [0, 0.05) is 24.5 Å². The van der Waals surface area contributed by atoms with Crippen LogP contribution in [0.15, 0.2) is 45.6 Å². The van der Waals surface area contributed by atoms with Gasteiger partial charge in [0.2, 0.25) is 10.0 Å². The van der Waals surface area contributed by atoms with Gasteiger partial charge in [-0.2, -0.15) is 4.31 Å². The molecule has 224 valence electrons. The van der Waals surface area contributed by atoms with Crippen LogP contribution in [0.1, 0.15) is 47.0 Å². The van der Waals surface area contributed by atoms with E-state index in [9.17, 15) is 27.6 Å². The normalized spacial score (nSPS) is 16.6. The Kier molecular flexibility index (Phi) is 10.9. The number of hydrogen-bond acceptors (Lipinski definition) is 10. The molecule has 1 aromatic rings. The Morgan fingerprint density at radius 2 is 1.51 bits per heavy atom. The van der Waals surface area contributed by atoms with Crippen LogP contribution in [0.5, 0.6) is 0 Å². The van der Waals surface area contributed by atoms with Gasteiger partial charge in [0.1, 0.15) is 5.92 Å². The van der Waals surface area contributed by atoms with E-state index in [1.165, 1.54) is 36.4 Å². The van der Waals surface area contributed by atoms with Crippen molar-refractivity contribution in [3.05, 3.63) is 45.8 Å². The molecule has 3 rings (SSSR count). The summed E-state index contributed by atoms with van der Waals surface area (Å²) >= 11 is 6.21. The lowest BCUT2D eigenvalue weighted by Gasteiger charge is -2.28. The largest absolute Gasteiger partial charge is 0.463 e. The molecule has 41 heavy (non-hydrogen) atoms. The number of hydrogen-bond donors (Lipinski definition) is 2. The number of nitrogens with one attached hydrogen (secondary N) is 2. The minimum atomic E-state index is -3.79. The van der Waals surface area contributed by atoms with Gasteiger partial charge in [0.25, 0.3) is 5.91 Å². The van der Waals surface area contributed by atoms with Crippen LogP contribution >= 0.6 is 11.6 Å². The first kappa shape index (κ1) is 32.1. The number of sulfonamides is 1. The third-order valence-electron chi connectivity index (χ3n) is 6.50. The van der Waals surface area contributed by atoms with Gasteiger partial charge in [-0.25, -0.2) is 18.0 Å². The molecule has 0 saturated carbocycles. The molecule has 0 aromatic heterocycles. The van der Waals surface area contributed by atoms with Crippen molar-refractivity contribution >= 4 is 51.1 Å². The molecular formula is C27H34ClN3O9S. The lowest BCUT2D eigenvalue weighted by molar-refractivity contribution is -0.153. The number of anilines is 1. The average molecular weight is 612 g/mol. The minimum Gasteiger partial charge on any atom is -0.463 e. The maximum Gasteiger partial charge on any atom is 0.337 e. The summed E-state index contributed by atoms with van der Waals surface area (Å²) in [6.07, 6.45) is 2.48. The van der Waals surface area contributed by atoms with Gasteiger partial charge in [0.05, 0.1) is 40.0 Å². The third kappa shape index (κ3) is 7.46. The van der Waals surface area contributed by atoms with Crippen LogP contribution in [-0.2, 0) is 43.4 Å². The zero-order valence-corrected chi connectivity index (χ0v) is 24.9. The minimum absolute atomic E-state index is 0.0126. The highest BCUT2D eigenvalue weighted by Gasteiger charge is 2.42. The number of nitrogens with zero attached hydrogens (tertiary/aromatic N) is 1. The quantitative estimate of drug-likeness (QED) is 0.298. The number of ether oxygens (including phenoxy) is 3. The Morgan fingerprint density at radius 1 is 0.951 bits per heavy atom. The van der Waals surface area contributed by atoms with E-state index in [1.807, 2.05) is 0 Å². The van der Waals surface area contributed by atoms with Gasteiger partial charge in [0.15, 0.2) is 6.61 Å². The second-order valence-electron chi connectivity index (χ2n) is 9.34. The Labute approximate surface area is 244 Å². The van der Waals surface area contributed by atoms with Crippen LogP contribution in [0.4, 0.5) is 5.69 Å². The van der Waals surface area contributed by atoms with E-state index in [4.69, 9.17) is 25.8 Å². The fourth-order valence-corrected chi connectivity index (χ4v) is 6.32. The monoisotopic (exact) mass is 611 g/mol. The van der Waals surface area contributed by atoms with Crippen LogP contribution in [-0.4, -0.2) is 69.4 Å².